The zero-order chi connectivity index (χ0) is 16.8. The molecule has 3 aromatic rings. The lowest BCUT2D eigenvalue weighted by atomic mass is 10.1. The number of para-hydroxylation sites is 1. The van der Waals surface area contributed by atoms with Gasteiger partial charge < -0.3 is 9.30 Å². The van der Waals surface area contributed by atoms with Gasteiger partial charge >= 0.3 is 0 Å². The van der Waals surface area contributed by atoms with Crippen LogP contribution in [0.3, 0.4) is 0 Å². The van der Waals surface area contributed by atoms with Crippen molar-refractivity contribution in [1.29, 1.82) is 0 Å². The predicted octanol–water partition coefficient (Wildman–Crippen LogP) is 4.44. The molecule has 1 aromatic heterocycles. The molecule has 0 atom stereocenters. The number of ether oxygens (including phenoxy) is 1. The molecule has 124 valence electrons. The third-order valence-electron chi connectivity index (χ3n) is 3.64. The molecular weight excluding hydrogens is 318 g/mol. The van der Waals surface area contributed by atoms with Gasteiger partial charge in [0.1, 0.15) is 5.75 Å². The molecule has 0 amide bonds. The maximum atomic E-state index is 5.73. The molecule has 4 nitrogen and oxygen atoms in total. The first-order valence-corrected chi connectivity index (χ1v) is 9.07. The van der Waals surface area contributed by atoms with Crippen molar-refractivity contribution < 1.29 is 4.74 Å². The number of aryl methyl sites for hydroxylation is 1. The normalized spacial score (nSPS) is 10.8. The van der Waals surface area contributed by atoms with Gasteiger partial charge in [-0.3, -0.25) is 0 Å². The Labute approximate surface area is 146 Å². The van der Waals surface area contributed by atoms with E-state index in [-0.39, 0.29) is 0 Å². The van der Waals surface area contributed by atoms with Gasteiger partial charge in [-0.1, -0.05) is 53.7 Å². The van der Waals surface area contributed by atoms with Gasteiger partial charge in [0.05, 0.1) is 6.61 Å². The molecule has 0 fully saturated rings. The first-order valence-electron chi connectivity index (χ1n) is 8.09. The minimum atomic E-state index is 0.644. The fourth-order valence-corrected chi connectivity index (χ4v) is 3.31. The summed E-state index contributed by atoms with van der Waals surface area (Å²) in [5.41, 5.74) is 2.33. The average molecular weight is 339 g/mol. The van der Waals surface area contributed by atoms with Gasteiger partial charge in [-0.2, -0.15) is 0 Å². The van der Waals surface area contributed by atoms with Crippen molar-refractivity contribution in [2.24, 2.45) is 0 Å². The number of hydrogen-bond acceptors (Lipinski definition) is 4. The zero-order valence-corrected chi connectivity index (χ0v) is 14.8. The predicted molar refractivity (Wildman–Crippen MR) is 98.5 cm³/mol. The molecule has 5 heteroatoms. The summed E-state index contributed by atoms with van der Waals surface area (Å²) in [7, 11) is 0. The zero-order valence-electron chi connectivity index (χ0n) is 14.0. The monoisotopic (exact) mass is 339 g/mol. The fourth-order valence-electron chi connectivity index (χ4n) is 2.49. The van der Waals surface area contributed by atoms with Crippen molar-refractivity contribution in [1.82, 2.24) is 14.8 Å². The van der Waals surface area contributed by atoms with Gasteiger partial charge in [0, 0.05) is 17.9 Å². The van der Waals surface area contributed by atoms with E-state index in [1.165, 1.54) is 5.56 Å². The summed E-state index contributed by atoms with van der Waals surface area (Å²) in [6.45, 7) is 5.70. The van der Waals surface area contributed by atoms with E-state index in [1.54, 1.807) is 11.8 Å². The molecular formula is C19H21N3OS. The minimum Gasteiger partial charge on any atom is -0.493 e. The summed E-state index contributed by atoms with van der Waals surface area (Å²) in [5.74, 6) is 2.66. The first-order chi connectivity index (χ1) is 11.8. The van der Waals surface area contributed by atoms with Gasteiger partial charge in [0.15, 0.2) is 11.0 Å². The first kappa shape index (κ1) is 16.6. The number of rotatable bonds is 7. The van der Waals surface area contributed by atoms with Crippen LogP contribution < -0.4 is 4.74 Å². The molecule has 2 aromatic carbocycles. The maximum absolute atomic E-state index is 5.73. The maximum Gasteiger partial charge on any atom is 0.191 e. The van der Waals surface area contributed by atoms with Crippen LogP contribution in [0.15, 0.2) is 59.8 Å². The highest BCUT2D eigenvalue weighted by molar-refractivity contribution is 7.99. The highest BCUT2D eigenvalue weighted by Gasteiger charge is 2.13. The second-order valence-electron chi connectivity index (χ2n) is 5.43. The molecule has 0 N–H and O–H groups in total. The van der Waals surface area contributed by atoms with Gasteiger partial charge in [-0.05, 0) is 32.0 Å². The van der Waals surface area contributed by atoms with Crippen LogP contribution in [0.25, 0.3) is 11.4 Å². The summed E-state index contributed by atoms with van der Waals surface area (Å²) in [5, 5.41) is 9.68. The topological polar surface area (TPSA) is 39.9 Å². The van der Waals surface area contributed by atoms with Gasteiger partial charge in [-0.15, -0.1) is 10.2 Å². The van der Waals surface area contributed by atoms with Crippen molar-refractivity contribution in [3.05, 3.63) is 60.2 Å². The minimum absolute atomic E-state index is 0.644. The molecule has 3 rings (SSSR count). The quantitative estimate of drug-likeness (QED) is 0.471. The van der Waals surface area contributed by atoms with Gasteiger partial charge in [0.25, 0.3) is 0 Å². The standard InChI is InChI=1S/C19H21N3OS/c1-3-22-18(16-9-7-8-15(2)14-16)20-21-19(22)24-13-12-23-17-10-5-4-6-11-17/h4-11,14H,3,12-13H2,1-2H3. The van der Waals surface area contributed by atoms with E-state index in [0.717, 1.165) is 34.6 Å². The molecule has 0 aliphatic rings. The highest BCUT2D eigenvalue weighted by atomic mass is 32.2. The lowest BCUT2D eigenvalue weighted by Crippen LogP contribution is -2.03. The second-order valence-corrected chi connectivity index (χ2v) is 6.49. The van der Waals surface area contributed by atoms with Crippen LogP contribution >= 0.6 is 11.8 Å². The van der Waals surface area contributed by atoms with Crippen molar-refractivity contribution in [2.45, 2.75) is 25.5 Å². The molecule has 0 saturated carbocycles. The summed E-state index contributed by atoms with van der Waals surface area (Å²) in [6, 6.07) is 18.2. The smallest absolute Gasteiger partial charge is 0.191 e. The Morgan fingerprint density at radius 2 is 1.88 bits per heavy atom. The van der Waals surface area contributed by atoms with Gasteiger partial charge in [0.2, 0.25) is 0 Å². The third kappa shape index (κ3) is 3.97. The van der Waals surface area contributed by atoms with Crippen LogP contribution in [0.5, 0.6) is 5.75 Å². The van der Waals surface area contributed by atoms with Crippen LogP contribution in [0.2, 0.25) is 0 Å². The van der Waals surface area contributed by atoms with Crippen LogP contribution in [-0.2, 0) is 6.54 Å². The van der Waals surface area contributed by atoms with Crippen molar-refractivity contribution >= 4 is 11.8 Å². The van der Waals surface area contributed by atoms with E-state index < -0.39 is 0 Å². The highest BCUT2D eigenvalue weighted by Crippen LogP contribution is 2.24. The Kier molecular flexibility index (Phi) is 5.54. The van der Waals surface area contributed by atoms with E-state index >= 15 is 0 Å². The summed E-state index contributed by atoms with van der Waals surface area (Å²) in [6.07, 6.45) is 0. The molecule has 0 bridgehead atoms. The summed E-state index contributed by atoms with van der Waals surface area (Å²) in [4.78, 5) is 0. The number of benzene rings is 2. The average Bonchev–Trinajstić information content (AvgIpc) is 3.02. The van der Waals surface area contributed by atoms with Crippen molar-refractivity contribution in [2.75, 3.05) is 12.4 Å². The largest absolute Gasteiger partial charge is 0.493 e. The van der Waals surface area contributed by atoms with Crippen LogP contribution in [0.4, 0.5) is 0 Å². The summed E-state index contributed by atoms with van der Waals surface area (Å²) >= 11 is 1.67. The number of hydrogen-bond donors (Lipinski definition) is 0. The molecule has 0 aliphatic heterocycles. The molecule has 24 heavy (non-hydrogen) atoms. The van der Waals surface area contributed by atoms with E-state index in [4.69, 9.17) is 4.74 Å². The van der Waals surface area contributed by atoms with Crippen LogP contribution in [-0.4, -0.2) is 27.1 Å². The lowest BCUT2D eigenvalue weighted by molar-refractivity contribution is 0.344. The van der Waals surface area contributed by atoms with Crippen molar-refractivity contribution in [3.63, 3.8) is 0 Å². The van der Waals surface area contributed by atoms with E-state index in [2.05, 4.69) is 52.9 Å². The number of nitrogens with zero attached hydrogens (tertiary/aromatic N) is 3. The van der Waals surface area contributed by atoms with E-state index in [9.17, 15) is 0 Å². The molecule has 1 heterocycles. The fraction of sp³-hybridized carbons (Fsp3) is 0.263. The van der Waals surface area contributed by atoms with Crippen molar-refractivity contribution in [3.8, 4) is 17.1 Å². The van der Waals surface area contributed by atoms with E-state index in [1.807, 2.05) is 30.3 Å². The molecule has 0 aliphatic carbocycles. The Balaban J connectivity index is 1.64. The van der Waals surface area contributed by atoms with Gasteiger partial charge in [-0.25, -0.2) is 0 Å². The van der Waals surface area contributed by atoms with E-state index in [0.29, 0.717) is 6.61 Å². The SMILES string of the molecule is CCn1c(SCCOc2ccccc2)nnc1-c1cccc(C)c1. The Bertz CT molecular complexity index is 786. The molecule has 0 spiro atoms. The third-order valence-corrected chi connectivity index (χ3v) is 4.57. The second kappa shape index (κ2) is 8.02. The summed E-state index contributed by atoms with van der Waals surface area (Å²) < 4.78 is 7.88. The number of thioether (sulfide) groups is 1. The number of aromatic nitrogens is 3. The lowest BCUT2D eigenvalue weighted by Gasteiger charge is -2.08. The van der Waals surface area contributed by atoms with Crippen LogP contribution in [0.1, 0.15) is 12.5 Å². The molecule has 0 saturated heterocycles. The Morgan fingerprint density at radius 3 is 2.62 bits per heavy atom. The Hall–Kier alpha value is -2.27. The molecule has 0 unspecified atom stereocenters. The molecule has 0 radical (unpaired) electrons. The Morgan fingerprint density at radius 1 is 1.04 bits per heavy atom. The van der Waals surface area contributed by atoms with Crippen LogP contribution in [0, 0.1) is 6.92 Å².